The summed E-state index contributed by atoms with van der Waals surface area (Å²) in [6.07, 6.45) is 6.36. The van der Waals surface area contributed by atoms with Crippen molar-refractivity contribution in [2.75, 3.05) is 0 Å². The summed E-state index contributed by atoms with van der Waals surface area (Å²) in [5.41, 5.74) is 7.96. The zero-order chi connectivity index (χ0) is 16.4. The van der Waals surface area contributed by atoms with Crippen LogP contribution in [-0.2, 0) is 16.1 Å². The minimum absolute atomic E-state index is 0.190. The molecule has 0 aromatic carbocycles. The van der Waals surface area contributed by atoms with E-state index in [1.165, 1.54) is 24.2 Å². The van der Waals surface area contributed by atoms with Gasteiger partial charge in [0.25, 0.3) is 0 Å². The number of hydrogen-bond acceptors (Lipinski definition) is 7. The van der Waals surface area contributed by atoms with Gasteiger partial charge in [-0.3, -0.25) is 15.2 Å². The minimum atomic E-state index is -0.246. The number of ether oxygens (including phenoxy) is 1. The number of aromatic nitrogens is 2. The zero-order valence-electron chi connectivity index (χ0n) is 13.3. The van der Waals surface area contributed by atoms with Crippen molar-refractivity contribution in [2.45, 2.75) is 44.4 Å². The Hall–Kier alpha value is -1.83. The Morgan fingerprint density at radius 3 is 3.08 bits per heavy atom. The molecule has 0 radical (unpaired) electrons. The van der Waals surface area contributed by atoms with Gasteiger partial charge in [-0.25, -0.2) is 10.4 Å². The molecule has 24 heavy (non-hydrogen) atoms. The predicted molar refractivity (Wildman–Crippen MR) is 90.9 cm³/mol. The lowest BCUT2D eigenvalue weighted by Gasteiger charge is -2.26. The summed E-state index contributed by atoms with van der Waals surface area (Å²) in [5.74, 6) is 0.148. The molecule has 7 heteroatoms. The normalized spacial score (nSPS) is 26.1. The second-order valence-corrected chi connectivity index (χ2v) is 7.15. The molecule has 0 bridgehead atoms. The van der Waals surface area contributed by atoms with E-state index in [9.17, 15) is 4.79 Å². The molecule has 4 rings (SSSR count). The molecule has 6 nitrogen and oxygen atoms in total. The van der Waals surface area contributed by atoms with Crippen LogP contribution < -0.4 is 10.9 Å². The molecule has 3 heterocycles. The Balaban J connectivity index is 1.35. The summed E-state index contributed by atoms with van der Waals surface area (Å²) in [4.78, 5) is 21.2. The van der Waals surface area contributed by atoms with Crippen molar-refractivity contribution in [1.29, 1.82) is 0 Å². The van der Waals surface area contributed by atoms with E-state index in [0.29, 0.717) is 12.0 Å². The third kappa shape index (κ3) is 3.19. The monoisotopic (exact) mass is 344 g/mol. The molecule has 2 fully saturated rings. The number of rotatable bonds is 4. The van der Waals surface area contributed by atoms with Crippen LogP contribution in [0.1, 0.15) is 31.4 Å². The molecule has 0 spiro atoms. The maximum absolute atomic E-state index is 12.4. The van der Waals surface area contributed by atoms with Gasteiger partial charge in [0, 0.05) is 23.5 Å². The molecular weight excluding hydrogens is 324 g/mol. The van der Waals surface area contributed by atoms with Gasteiger partial charge in [-0.2, -0.15) is 0 Å². The Morgan fingerprint density at radius 2 is 2.21 bits per heavy atom. The van der Waals surface area contributed by atoms with Crippen molar-refractivity contribution in [3.63, 3.8) is 0 Å². The number of carbonyl (C=O) groups is 1. The first-order valence-corrected chi connectivity index (χ1v) is 9.23. The lowest BCUT2D eigenvalue weighted by molar-refractivity contribution is -0.148. The number of nitrogens with one attached hydrogen (secondary N) is 2. The lowest BCUT2D eigenvalue weighted by atomic mass is 9.82. The number of carbonyl (C=O) groups excluding carboxylic acids is 1. The molecule has 1 saturated carbocycles. The van der Waals surface area contributed by atoms with Crippen molar-refractivity contribution < 1.29 is 9.53 Å². The highest BCUT2D eigenvalue weighted by Gasteiger charge is 2.41. The average Bonchev–Trinajstić information content (AvgIpc) is 3.27. The Bertz CT molecular complexity index is 706. The summed E-state index contributed by atoms with van der Waals surface area (Å²) in [6.45, 7) is 0.206. The number of hydrazine groups is 1. The SMILES string of the molecule is O=C(OCc1csc(-c2ccccn2)n1)C1NNC2CCCCC21. The fraction of sp³-hybridized carbons (Fsp3) is 0.471. The Morgan fingerprint density at radius 1 is 1.29 bits per heavy atom. The van der Waals surface area contributed by atoms with E-state index >= 15 is 0 Å². The van der Waals surface area contributed by atoms with Gasteiger partial charge in [0.15, 0.2) is 0 Å². The van der Waals surface area contributed by atoms with Crippen LogP contribution in [0.15, 0.2) is 29.8 Å². The van der Waals surface area contributed by atoms with Crippen LogP contribution >= 0.6 is 11.3 Å². The van der Waals surface area contributed by atoms with Crippen molar-refractivity contribution in [1.82, 2.24) is 20.8 Å². The fourth-order valence-corrected chi connectivity index (χ4v) is 4.27. The smallest absolute Gasteiger partial charge is 0.325 e. The van der Waals surface area contributed by atoms with E-state index in [1.54, 1.807) is 6.20 Å². The first-order valence-electron chi connectivity index (χ1n) is 8.35. The van der Waals surface area contributed by atoms with Crippen LogP contribution in [-0.4, -0.2) is 28.0 Å². The highest BCUT2D eigenvalue weighted by atomic mass is 32.1. The van der Waals surface area contributed by atoms with E-state index in [0.717, 1.165) is 29.2 Å². The van der Waals surface area contributed by atoms with Gasteiger partial charge in [0.2, 0.25) is 0 Å². The first-order chi connectivity index (χ1) is 11.8. The number of pyridine rings is 1. The molecular formula is C17H20N4O2S. The van der Waals surface area contributed by atoms with E-state index in [1.807, 2.05) is 23.6 Å². The molecule has 2 aromatic heterocycles. The second-order valence-electron chi connectivity index (χ2n) is 6.29. The topological polar surface area (TPSA) is 76.1 Å². The molecule has 2 aromatic rings. The molecule has 3 atom stereocenters. The number of thiazole rings is 1. The second kappa shape index (κ2) is 6.96. The van der Waals surface area contributed by atoms with Crippen LogP contribution in [0.25, 0.3) is 10.7 Å². The number of fused-ring (bicyclic) bond motifs is 1. The summed E-state index contributed by atoms with van der Waals surface area (Å²) < 4.78 is 5.49. The largest absolute Gasteiger partial charge is 0.458 e. The van der Waals surface area contributed by atoms with E-state index < -0.39 is 0 Å². The molecule has 0 amide bonds. The first kappa shape index (κ1) is 15.7. The standard InChI is InChI=1S/C17H20N4O2S/c22-17(15-12-5-1-2-6-13(12)20-21-15)23-9-11-10-24-16(19-11)14-7-3-4-8-18-14/h3-4,7-8,10,12-13,15,20-21H,1-2,5-6,9H2. The summed E-state index contributed by atoms with van der Waals surface area (Å²) in [7, 11) is 0. The summed E-state index contributed by atoms with van der Waals surface area (Å²) >= 11 is 1.51. The number of esters is 1. The van der Waals surface area contributed by atoms with E-state index in [4.69, 9.17) is 4.74 Å². The maximum Gasteiger partial charge on any atom is 0.325 e. The molecule has 1 saturated heterocycles. The number of nitrogens with zero attached hydrogens (tertiary/aromatic N) is 2. The molecule has 2 aliphatic rings. The molecule has 1 aliphatic heterocycles. The lowest BCUT2D eigenvalue weighted by Crippen LogP contribution is -2.39. The Kier molecular flexibility index (Phi) is 4.55. The zero-order valence-corrected chi connectivity index (χ0v) is 14.1. The van der Waals surface area contributed by atoms with Crippen LogP contribution in [0, 0.1) is 5.92 Å². The molecule has 126 valence electrons. The van der Waals surface area contributed by atoms with Gasteiger partial charge in [0.1, 0.15) is 17.7 Å². The van der Waals surface area contributed by atoms with Crippen molar-refractivity contribution >= 4 is 17.3 Å². The highest BCUT2D eigenvalue weighted by Crippen LogP contribution is 2.30. The van der Waals surface area contributed by atoms with Crippen LogP contribution in [0.3, 0.4) is 0 Å². The van der Waals surface area contributed by atoms with E-state index in [2.05, 4.69) is 20.8 Å². The fourth-order valence-electron chi connectivity index (χ4n) is 3.49. The third-order valence-electron chi connectivity index (χ3n) is 4.72. The van der Waals surface area contributed by atoms with Crippen LogP contribution in [0.4, 0.5) is 0 Å². The van der Waals surface area contributed by atoms with Crippen molar-refractivity contribution in [2.24, 2.45) is 5.92 Å². The average molecular weight is 344 g/mol. The van der Waals surface area contributed by atoms with Gasteiger partial charge >= 0.3 is 5.97 Å². The third-order valence-corrected chi connectivity index (χ3v) is 5.64. The van der Waals surface area contributed by atoms with Crippen LogP contribution in [0.2, 0.25) is 0 Å². The van der Waals surface area contributed by atoms with Gasteiger partial charge in [-0.05, 0) is 25.0 Å². The maximum atomic E-state index is 12.4. The Labute approximate surface area is 144 Å². The molecule has 1 aliphatic carbocycles. The minimum Gasteiger partial charge on any atom is -0.458 e. The van der Waals surface area contributed by atoms with Gasteiger partial charge in [-0.15, -0.1) is 11.3 Å². The number of hydrogen-bond donors (Lipinski definition) is 2. The van der Waals surface area contributed by atoms with Gasteiger partial charge in [-0.1, -0.05) is 18.9 Å². The van der Waals surface area contributed by atoms with Crippen LogP contribution in [0.5, 0.6) is 0 Å². The highest BCUT2D eigenvalue weighted by molar-refractivity contribution is 7.13. The summed E-state index contributed by atoms with van der Waals surface area (Å²) in [5, 5.41) is 2.76. The molecule has 3 unspecified atom stereocenters. The predicted octanol–water partition coefficient (Wildman–Crippen LogP) is 2.28. The van der Waals surface area contributed by atoms with Crippen molar-refractivity contribution in [3.8, 4) is 10.7 Å². The van der Waals surface area contributed by atoms with Crippen molar-refractivity contribution in [3.05, 3.63) is 35.5 Å². The van der Waals surface area contributed by atoms with E-state index in [-0.39, 0.29) is 18.6 Å². The van der Waals surface area contributed by atoms with Gasteiger partial charge < -0.3 is 4.74 Å². The summed E-state index contributed by atoms with van der Waals surface area (Å²) in [6, 6.07) is 5.88. The quantitative estimate of drug-likeness (QED) is 0.829. The molecule has 2 N–H and O–H groups in total. The van der Waals surface area contributed by atoms with Gasteiger partial charge in [0.05, 0.1) is 11.4 Å².